The number of benzene rings is 3. The van der Waals surface area contributed by atoms with Gasteiger partial charge >= 0.3 is 0 Å². The fraction of sp³-hybridized carbons (Fsp3) is 0. The smallest absolute Gasteiger partial charge is 0.255 e. The highest BCUT2D eigenvalue weighted by molar-refractivity contribution is 9.10. The van der Waals surface area contributed by atoms with Gasteiger partial charge in [-0.05, 0) is 59.3 Å². The maximum absolute atomic E-state index is 12.3. The number of hydrogen-bond donors (Lipinski definition) is 2. The Bertz CT molecular complexity index is 813. The van der Waals surface area contributed by atoms with Gasteiger partial charge in [-0.25, -0.2) is 0 Å². The summed E-state index contributed by atoms with van der Waals surface area (Å²) in [5, 5.41) is 4.98. The third kappa shape index (κ3) is 3.06. The molecule has 3 nitrogen and oxygen atoms in total. The Kier molecular flexibility index (Phi) is 3.62. The lowest BCUT2D eigenvalue weighted by molar-refractivity contribution is 0.102. The molecule has 0 bridgehead atoms. The van der Waals surface area contributed by atoms with E-state index in [0.717, 1.165) is 20.9 Å². The lowest BCUT2D eigenvalue weighted by atomic mass is 10.1. The number of halogens is 1. The largest absolute Gasteiger partial charge is 0.399 e. The molecule has 21 heavy (non-hydrogen) atoms. The normalized spacial score (nSPS) is 10.5. The lowest BCUT2D eigenvalue weighted by Crippen LogP contribution is -2.11. The molecule has 0 atom stereocenters. The molecule has 104 valence electrons. The van der Waals surface area contributed by atoms with Crippen LogP contribution in [0.1, 0.15) is 10.4 Å². The first kappa shape index (κ1) is 13.6. The van der Waals surface area contributed by atoms with Gasteiger partial charge in [0.05, 0.1) is 0 Å². The number of nitrogens with one attached hydrogen (secondary N) is 1. The zero-order valence-corrected chi connectivity index (χ0v) is 12.7. The Morgan fingerprint density at radius 3 is 2.33 bits per heavy atom. The van der Waals surface area contributed by atoms with Crippen molar-refractivity contribution in [2.24, 2.45) is 0 Å². The molecule has 0 saturated carbocycles. The molecule has 0 aliphatic heterocycles. The Balaban J connectivity index is 1.87. The summed E-state index contributed by atoms with van der Waals surface area (Å²) in [6.45, 7) is 0. The average molecular weight is 341 g/mol. The second kappa shape index (κ2) is 5.58. The molecular weight excluding hydrogens is 328 g/mol. The lowest BCUT2D eigenvalue weighted by Gasteiger charge is -2.07. The van der Waals surface area contributed by atoms with Crippen LogP contribution in [0, 0.1) is 0 Å². The van der Waals surface area contributed by atoms with Crippen molar-refractivity contribution in [1.29, 1.82) is 0 Å². The highest BCUT2D eigenvalue weighted by Crippen LogP contribution is 2.21. The summed E-state index contributed by atoms with van der Waals surface area (Å²) in [7, 11) is 0. The van der Waals surface area contributed by atoms with E-state index < -0.39 is 0 Å². The topological polar surface area (TPSA) is 55.1 Å². The maximum Gasteiger partial charge on any atom is 0.255 e. The first-order chi connectivity index (χ1) is 10.1. The molecule has 0 aliphatic carbocycles. The Hall–Kier alpha value is -2.33. The summed E-state index contributed by atoms with van der Waals surface area (Å²) in [6.07, 6.45) is 0. The maximum atomic E-state index is 12.3. The standard InChI is InChI=1S/C17H13BrN2O/c18-14-4-3-11-9-13(2-1-12(11)10-14)17(21)20-16-7-5-15(19)6-8-16/h1-10H,19H2,(H,20,21). The minimum absolute atomic E-state index is 0.135. The van der Waals surface area contributed by atoms with E-state index in [0.29, 0.717) is 11.3 Å². The van der Waals surface area contributed by atoms with Gasteiger partial charge in [-0.2, -0.15) is 0 Å². The minimum Gasteiger partial charge on any atom is -0.399 e. The van der Waals surface area contributed by atoms with Crippen LogP contribution in [0.4, 0.5) is 11.4 Å². The molecular formula is C17H13BrN2O. The van der Waals surface area contributed by atoms with E-state index in [2.05, 4.69) is 21.2 Å². The van der Waals surface area contributed by atoms with Crippen molar-refractivity contribution in [2.75, 3.05) is 11.1 Å². The van der Waals surface area contributed by atoms with E-state index in [4.69, 9.17) is 5.73 Å². The van der Waals surface area contributed by atoms with Crippen molar-refractivity contribution < 1.29 is 4.79 Å². The summed E-state index contributed by atoms with van der Waals surface area (Å²) in [5.74, 6) is -0.135. The molecule has 3 rings (SSSR count). The summed E-state index contributed by atoms with van der Waals surface area (Å²) in [6, 6.07) is 18.7. The van der Waals surface area contributed by atoms with Gasteiger partial charge in [0.1, 0.15) is 0 Å². The van der Waals surface area contributed by atoms with Crippen LogP contribution in [0.5, 0.6) is 0 Å². The third-order valence-corrected chi connectivity index (χ3v) is 3.73. The van der Waals surface area contributed by atoms with Crippen LogP contribution in [0.3, 0.4) is 0 Å². The van der Waals surface area contributed by atoms with E-state index >= 15 is 0 Å². The summed E-state index contributed by atoms with van der Waals surface area (Å²) < 4.78 is 1.02. The van der Waals surface area contributed by atoms with Crippen molar-refractivity contribution in [1.82, 2.24) is 0 Å². The molecule has 3 N–H and O–H groups in total. The first-order valence-corrected chi connectivity index (χ1v) is 7.27. The zero-order valence-electron chi connectivity index (χ0n) is 11.1. The number of carbonyl (C=O) groups excluding carboxylic acids is 1. The monoisotopic (exact) mass is 340 g/mol. The van der Waals surface area contributed by atoms with Crippen LogP contribution in [0.25, 0.3) is 10.8 Å². The van der Waals surface area contributed by atoms with Gasteiger partial charge in [-0.1, -0.05) is 28.1 Å². The zero-order chi connectivity index (χ0) is 14.8. The first-order valence-electron chi connectivity index (χ1n) is 6.48. The Morgan fingerprint density at radius 1 is 0.905 bits per heavy atom. The number of nitrogens with two attached hydrogens (primary N) is 1. The van der Waals surface area contributed by atoms with E-state index in [9.17, 15) is 4.79 Å². The van der Waals surface area contributed by atoms with Crippen LogP contribution in [0.15, 0.2) is 65.1 Å². The van der Waals surface area contributed by atoms with Gasteiger partial charge in [-0.3, -0.25) is 4.79 Å². The van der Waals surface area contributed by atoms with E-state index in [1.807, 2.05) is 36.4 Å². The van der Waals surface area contributed by atoms with Crippen molar-refractivity contribution in [2.45, 2.75) is 0 Å². The molecule has 0 spiro atoms. The highest BCUT2D eigenvalue weighted by Gasteiger charge is 2.07. The second-order valence-electron chi connectivity index (χ2n) is 4.78. The number of fused-ring (bicyclic) bond motifs is 1. The van der Waals surface area contributed by atoms with Gasteiger partial charge in [0.15, 0.2) is 0 Å². The third-order valence-electron chi connectivity index (χ3n) is 3.23. The average Bonchev–Trinajstić information content (AvgIpc) is 2.49. The van der Waals surface area contributed by atoms with Gasteiger partial charge in [-0.15, -0.1) is 0 Å². The number of hydrogen-bond acceptors (Lipinski definition) is 2. The van der Waals surface area contributed by atoms with Gasteiger partial charge < -0.3 is 11.1 Å². The van der Waals surface area contributed by atoms with E-state index in [-0.39, 0.29) is 5.91 Å². The number of rotatable bonds is 2. The molecule has 0 heterocycles. The number of carbonyl (C=O) groups is 1. The Labute approximate surface area is 130 Å². The molecule has 0 fully saturated rings. The highest BCUT2D eigenvalue weighted by atomic mass is 79.9. The molecule has 0 aliphatic rings. The quantitative estimate of drug-likeness (QED) is 0.677. The van der Waals surface area contributed by atoms with Crippen LogP contribution in [-0.4, -0.2) is 5.91 Å². The number of amides is 1. The van der Waals surface area contributed by atoms with E-state index in [1.165, 1.54) is 0 Å². The van der Waals surface area contributed by atoms with Crippen LogP contribution in [0.2, 0.25) is 0 Å². The fourth-order valence-corrected chi connectivity index (χ4v) is 2.51. The minimum atomic E-state index is -0.135. The fourth-order valence-electron chi connectivity index (χ4n) is 2.13. The number of anilines is 2. The summed E-state index contributed by atoms with van der Waals surface area (Å²) in [5.41, 5.74) is 7.65. The molecule has 3 aromatic rings. The molecule has 0 aromatic heterocycles. The Morgan fingerprint density at radius 2 is 1.57 bits per heavy atom. The summed E-state index contributed by atoms with van der Waals surface area (Å²) in [4.78, 5) is 12.3. The molecule has 4 heteroatoms. The second-order valence-corrected chi connectivity index (χ2v) is 5.70. The molecule has 1 amide bonds. The molecule has 3 aromatic carbocycles. The molecule has 0 saturated heterocycles. The van der Waals surface area contributed by atoms with Gasteiger partial charge in [0, 0.05) is 21.4 Å². The van der Waals surface area contributed by atoms with Crippen LogP contribution >= 0.6 is 15.9 Å². The van der Waals surface area contributed by atoms with Crippen molar-refractivity contribution in [3.8, 4) is 0 Å². The van der Waals surface area contributed by atoms with Crippen molar-refractivity contribution in [3.63, 3.8) is 0 Å². The van der Waals surface area contributed by atoms with Gasteiger partial charge in [0.25, 0.3) is 5.91 Å². The van der Waals surface area contributed by atoms with Crippen LogP contribution < -0.4 is 11.1 Å². The predicted molar refractivity (Wildman–Crippen MR) is 90.5 cm³/mol. The summed E-state index contributed by atoms with van der Waals surface area (Å²) >= 11 is 3.44. The van der Waals surface area contributed by atoms with E-state index in [1.54, 1.807) is 24.3 Å². The van der Waals surface area contributed by atoms with Crippen molar-refractivity contribution in [3.05, 3.63) is 70.7 Å². The SMILES string of the molecule is Nc1ccc(NC(=O)c2ccc3cc(Br)ccc3c2)cc1. The molecule has 0 radical (unpaired) electrons. The van der Waals surface area contributed by atoms with Crippen molar-refractivity contribution >= 4 is 44.0 Å². The predicted octanol–water partition coefficient (Wildman–Crippen LogP) is 4.44. The molecule has 0 unspecified atom stereocenters. The van der Waals surface area contributed by atoms with Crippen LogP contribution in [-0.2, 0) is 0 Å². The number of nitrogen functional groups attached to an aromatic ring is 1. The van der Waals surface area contributed by atoms with Gasteiger partial charge in [0.2, 0.25) is 0 Å².